The monoisotopic (exact) mass is 405 g/mol. The molecule has 4 N–H and O–H groups in total. The van der Waals surface area contributed by atoms with E-state index >= 15 is 0 Å². The molecular weight excluding hydrogens is 385 g/mol. The second-order valence-corrected chi connectivity index (χ2v) is 6.04. The van der Waals surface area contributed by atoms with Crippen molar-refractivity contribution in [2.45, 2.75) is 18.9 Å². The van der Waals surface area contributed by atoms with Crippen LogP contribution < -0.4 is 20.7 Å². The number of aliphatic carboxylic acids is 1. The number of amides is 2. The Kier molecular flexibility index (Phi) is 9.61. The van der Waals surface area contributed by atoms with Gasteiger partial charge in [0.25, 0.3) is 0 Å². The summed E-state index contributed by atoms with van der Waals surface area (Å²) in [5, 5.41) is 11.2. The molecule has 1 rings (SSSR count). The number of nitrogens with zero attached hydrogens (tertiary/aromatic N) is 1. The minimum atomic E-state index is -1.28. The fourth-order valence-electron chi connectivity index (χ4n) is 2.12. The smallest absolute Gasteiger partial charge is 0.413 e. The van der Waals surface area contributed by atoms with Crippen LogP contribution in [-0.4, -0.2) is 54.0 Å². The Morgan fingerprint density at radius 2 is 1.73 bits per heavy atom. The number of nitrogens with two attached hydrogens (primary N) is 1. The quantitative estimate of drug-likeness (QED) is 0.482. The Morgan fingerprint density at radius 1 is 1.15 bits per heavy atom. The first-order valence-corrected chi connectivity index (χ1v) is 8.90. The first-order chi connectivity index (χ1) is 12.4. The normalized spacial score (nSPS) is 11.5. The SMILES string of the molecule is NC(=O)CC[C@H](NC(=O)Oc1ccc(N(CCCl)CCCl)cc1)C(=O)O. The van der Waals surface area contributed by atoms with Crippen molar-refractivity contribution in [2.75, 3.05) is 29.7 Å². The molecule has 144 valence electrons. The van der Waals surface area contributed by atoms with Gasteiger partial charge in [-0.3, -0.25) is 4.79 Å². The van der Waals surface area contributed by atoms with Crippen LogP contribution in [0.1, 0.15) is 12.8 Å². The predicted molar refractivity (Wildman–Crippen MR) is 99.1 cm³/mol. The molecule has 0 aliphatic carbocycles. The van der Waals surface area contributed by atoms with Gasteiger partial charge in [0.15, 0.2) is 0 Å². The van der Waals surface area contributed by atoms with Crippen molar-refractivity contribution in [3.8, 4) is 5.75 Å². The number of hydrogen-bond acceptors (Lipinski definition) is 5. The second kappa shape index (κ2) is 11.4. The third-order valence-corrected chi connectivity index (χ3v) is 3.73. The van der Waals surface area contributed by atoms with Gasteiger partial charge in [0, 0.05) is 37.0 Å². The summed E-state index contributed by atoms with van der Waals surface area (Å²) in [6.45, 7) is 1.24. The van der Waals surface area contributed by atoms with E-state index in [2.05, 4.69) is 5.32 Å². The molecule has 0 fully saturated rings. The molecule has 8 nitrogen and oxygen atoms in total. The van der Waals surface area contributed by atoms with Gasteiger partial charge in [-0.2, -0.15) is 0 Å². The van der Waals surface area contributed by atoms with E-state index in [9.17, 15) is 14.4 Å². The van der Waals surface area contributed by atoms with Crippen LogP contribution in [0.2, 0.25) is 0 Å². The van der Waals surface area contributed by atoms with Crippen molar-refractivity contribution in [3.63, 3.8) is 0 Å². The van der Waals surface area contributed by atoms with Gasteiger partial charge in [0.2, 0.25) is 5.91 Å². The van der Waals surface area contributed by atoms with Gasteiger partial charge < -0.3 is 25.8 Å². The van der Waals surface area contributed by atoms with Crippen molar-refractivity contribution in [3.05, 3.63) is 24.3 Å². The number of carboxylic acids is 1. The zero-order valence-corrected chi connectivity index (χ0v) is 15.5. The first kappa shape index (κ1) is 21.9. The molecule has 26 heavy (non-hydrogen) atoms. The molecule has 1 aromatic carbocycles. The number of hydrogen-bond donors (Lipinski definition) is 3. The minimum Gasteiger partial charge on any atom is -0.480 e. The van der Waals surface area contributed by atoms with Crippen molar-refractivity contribution < 1.29 is 24.2 Å². The van der Waals surface area contributed by atoms with E-state index in [1.54, 1.807) is 24.3 Å². The van der Waals surface area contributed by atoms with Gasteiger partial charge in [-0.15, -0.1) is 23.2 Å². The molecule has 0 saturated heterocycles. The Morgan fingerprint density at radius 3 is 2.19 bits per heavy atom. The highest BCUT2D eigenvalue weighted by atomic mass is 35.5. The van der Waals surface area contributed by atoms with Gasteiger partial charge >= 0.3 is 12.1 Å². The molecule has 0 spiro atoms. The zero-order chi connectivity index (χ0) is 19.5. The van der Waals surface area contributed by atoms with Gasteiger partial charge in [-0.1, -0.05) is 0 Å². The van der Waals surface area contributed by atoms with E-state index in [1.165, 1.54) is 0 Å². The number of benzene rings is 1. The maximum absolute atomic E-state index is 11.8. The lowest BCUT2D eigenvalue weighted by Crippen LogP contribution is -2.42. The van der Waals surface area contributed by atoms with Crippen LogP contribution in [0, 0.1) is 0 Å². The zero-order valence-electron chi connectivity index (χ0n) is 14.0. The summed E-state index contributed by atoms with van der Waals surface area (Å²) in [4.78, 5) is 35.7. The van der Waals surface area contributed by atoms with E-state index in [0.29, 0.717) is 24.8 Å². The van der Waals surface area contributed by atoms with Gasteiger partial charge in [-0.05, 0) is 30.7 Å². The number of nitrogens with one attached hydrogen (secondary N) is 1. The number of halogens is 2. The molecule has 0 bridgehead atoms. The minimum absolute atomic E-state index is 0.121. The number of carbonyl (C=O) groups excluding carboxylic acids is 2. The lowest BCUT2D eigenvalue weighted by Gasteiger charge is -2.23. The highest BCUT2D eigenvalue weighted by Crippen LogP contribution is 2.20. The second-order valence-electron chi connectivity index (χ2n) is 5.29. The molecule has 0 aromatic heterocycles. The van der Waals surface area contributed by atoms with E-state index in [0.717, 1.165) is 5.69 Å². The maximum Gasteiger partial charge on any atom is 0.413 e. The predicted octanol–water partition coefficient (Wildman–Crippen LogP) is 1.78. The van der Waals surface area contributed by atoms with Gasteiger partial charge in [0.1, 0.15) is 11.8 Å². The van der Waals surface area contributed by atoms with Crippen LogP contribution >= 0.6 is 23.2 Å². The largest absolute Gasteiger partial charge is 0.480 e. The summed E-state index contributed by atoms with van der Waals surface area (Å²) in [6.07, 6.45) is -1.22. The molecule has 10 heteroatoms. The number of primary amides is 1. The van der Waals surface area contributed by atoms with E-state index < -0.39 is 24.0 Å². The van der Waals surface area contributed by atoms with Crippen molar-refractivity contribution in [1.29, 1.82) is 0 Å². The Labute approximate surface area is 161 Å². The summed E-state index contributed by atoms with van der Waals surface area (Å²) in [5.41, 5.74) is 5.85. The van der Waals surface area contributed by atoms with Crippen molar-refractivity contribution in [1.82, 2.24) is 5.32 Å². The van der Waals surface area contributed by atoms with Gasteiger partial charge in [0.05, 0.1) is 0 Å². The van der Waals surface area contributed by atoms with Crippen molar-refractivity contribution >= 4 is 46.9 Å². The van der Waals surface area contributed by atoms with Crippen LogP contribution in [0.5, 0.6) is 5.75 Å². The molecule has 0 saturated carbocycles. The number of alkyl halides is 2. The highest BCUT2D eigenvalue weighted by molar-refractivity contribution is 6.18. The van der Waals surface area contributed by atoms with Crippen LogP contribution in [0.25, 0.3) is 0 Å². The number of ether oxygens (including phenoxy) is 1. The summed E-state index contributed by atoms with van der Waals surface area (Å²) < 4.78 is 5.06. The molecule has 1 atom stereocenters. The Hall–Kier alpha value is -2.19. The van der Waals surface area contributed by atoms with E-state index in [1.807, 2.05) is 4.90 Å². The number of rotatable bonds is 11. The third kappa shape index (κ3) is 7.79. The fourth-order valence-corrected chi connectivity index (χ4v) is 2.53. The number of anilines is 1. The highest BCUT2D eigenvalue weighted by Gasteiger charge is 2.21. The topological polar surface area (TPSA) is 122 Å². The summed E-state index contributed by atoms with van der Waals surface area (Å²) >= 11 is 11.5. The first-order valence-electron chi connectivity index (χ1n) is 7.83. The summed E-state index contributed by atoms with van der Waals surface area (Å²) in [7, 11) is 0. The van der Waals surface area contributed by atoms with E-state index in [4.69, 9.17) is 38.8 Å². The lowest BCUT2D eigenvalue weighted by atomic mass is 10.1. The maximum atomic E-state index is 11.8. The van der Waals surface area contributed by atoms with E-state index in [-0.39, 0.29) is 18.6 Å². The summed E-state index contributed by atoms with van der Waals surface area (Å²) in [6, 6.07) is 5.36. The van der Waals surface area contributed by atoms with Crippen LogP contribution in [-0.2, 0) is 9.59 Å². The molecule has 0 aliphatic heterocycles. The molecular formula is C16H21Cl2N3O5. The van der Waals surface area contributed by atoms with Crippen molar-refractivity contribution in [2.24, 2.45) is 5.73 Å². The summed E-state index contributed by atoms with van der Waals surface area (Å²) in [5.74, 6) is -0.808. The Balaban J connectivity index is 2.65. The number of carboxylic acid groups (broad SMARTS) is 1. The number of carbonyl (C=O) groups is 3. The van der Waals surface area contributed by atoms with Crippen LogP contribution in [0.3, 0.4) is 0 Å². The standard InChI is InChI=1S/C16H21Cl2N3O5/c17-7-9-21(10-8-18)11-1-3-12(4-2-11)26-16(25)20-13(15(23)24)5-6-14(19)22/h1-4,13H,5-10H2,(H2,19,22)(H,20,25)(H,23,24)/t13-/m0/s1. The molecule has 0 radical (unpaired) electrons. The Bertz CT molecular complexity index is 606. The molecule has 1 aromatic rings. The molecule has 0 unspecified atom stereocenters. The fraction of sp³-hybridized carbons (Fsp3) is 0.438. The molecule has 2 amide bonds. The molecule has 0 heterocycles. The van der Waals surface area contributed by atoms with Crippen LogP contribution in [0.15, 0.2) is 24.3 Å². The third-order valence-electron chi connectivity index (χ3n) is 3.39. The molecule has 0 aliphatic rings. The van der Waals surface area contributed by atoms with Gasteiger partial charge in [-0.25, -0.2) is 9.59 Å². The lowest BCUT2D eigenvalue weighted by molar-refractivity contribution is -0.139. The average molecular weight is 406 g/mol. The average Bonchev–Trinajstić information content (AvgIpc) is 2.58. The van der Waals surface area contributed by atoms with Crippen LogP contribution in [0.4, 0.5) is 10.5 Å².